The molecule has 1 aliphatic rings. The molecule has 0 N–H and O–H groups in total. The van der Waals surface area contributed by atoms with Gasteiger partial charge >= 0.3 is 0 Å². The molecule has 260 valence electrons. The zero-order chi connectivity index (χ0) is 36.6. The number of benzene rings is 7. The van der Waals surface area contributed by atoms with Crippen LogP contribution in [0.2, 0.25) is 0 Å². The van der Waals surface area contributed by atoms with Gasteiger partial charge < -0.3 is 4.57 Å². The number of rotatable bonds is 7. The van der Waals surface area contributed by atoms with Gasteiger partial charge in [0.25, 0.3) is 0 Å². The fraction of sp³-hybridized carbons (Fsp3) is 0.0392. The number of nitrogens with zero attached hydrogens (tertiary/aromatic N) is 4. The number of fused-ring (bicyclic) bond motifs is 3. The fourth-order valence-electron chi connectivity index (χ4n) is 7.89. The maximum atomic E-state index is 5.17. The number of aromatic nitrogens is 4. The Kier molecular flexibility index (Phi) is 8.27. The Hall–Kier alpha value is -7.17. The lowest BCUT2D eigenvalue weighted by molar-refractivity contribution is 1.01. The smallest absolute Gasteiger partial charge is 0.164 e. The van der Waals surface area contributed by atoms with Crippen LogP contribution in [0.4, 0.5) is 0 Å². The highest BCUT2D eigenvalue weighted by atomic mass is 15.0. The summed E-state index contributed by atoms with van der Waals surface area (Å²) < 4.78 is 2.37. The number of allylic oxidation sites excluding steroid dienone is 4. The van der Waals surface area contributed by atoms with E-state index in [1.165, 1.54) is 38.5 Å². The van der Waals surface area contributed by atoms with Crippen molar-refractivity contribution in [3.8, 4) is 50.7 Å². The highest BCUT2D eigenvalue weighted by molar-refractivity contribution is 6.11. The molecule has 0 saturated heterocycles. The Labute approximate surface area is 320 Å². The molecular weight excluding hydrogens is 669 g/mol. The van der Waals surface area contributed by atoms with Crippen LogP contribution in [0.3, 0.4) is 0 Å². The van der Waals surface area contributed by atoms with E-state index < -0.39 is 0 Å². The molecule has 0 fully saturated rings. The minimum atomic E-state index is 0.662. The molecule has 1 aliphatic carbocycles. The van der Waals surface area contributed by atoms with Crippen molar-refractivity contribution in [3.05, 3.63) is 206 Å². The summed E-state index contributed by atoms with van der Waals surface area (Å²) in [5.41, 5.74) is 13.5. The van der Waals surface area contributed by atoms with E-state index in [9.17, 15) is 0 Å². The molecule has 0 aliphatic heterocycles. The van der Waals surface area contributed by atoms with Gasteiger partial charge in [-0.15, -0.1) is 0 Å². The topological polar surface area (TPSA) is 43.6 Å². The minimum absolute atomic E-state index is 0.662. The summed E-state index contributed by atoms with van der Waals surface area (Å²) in [5.74, 6) is 2.00. The van der Waals surface area contributed by atoms with Crippen molar-refractivity contribution in [2.75, 3.05) is 0 Å². The molecule has 10 rings (SSSR count). The van der Waals surface area contributed by atoms with E-state index in [1.54, 1.807) is 0 Å². The molecule has 55 heavy (non-hydrogen) atoms. The molecule has 0 radical (unpaired) electrons. The van der Waals surface area contributed by atoms with Gasteiger partial charge in [-0.1, -0.05) is 158 Å². The predicted octanol–water partition coefficient (Wildman–Crippen LogP) is 12.9. The summed E-state index contributed by atoms with van der Waals surface area (Å²) in [6, 6.07) is 64.2. The molecule has 0 amide bonds. The van der Waals surface area contributed by atoms with Gasteiger partial charge in [-0.25, -0.2) is 15.0 Å². The van der Waals surface area contributed by atoms with E-state index in [1.807, 2.05) is 36.4 Å². The highest BCUT2D eigenvalue weighted by Gasteiger charge is 2.23. The molecule has 0 spiro atoms. The van der Waals surface area contributed by atoms with Gasteiger partial charge in [-0.05, 0) is 82.6 Å². The summed E-state index contributed by atoms with van der Waals surface area (Å²) in [6.07, 6.45) is 6.52. The molecule has 0 saturated carbocycles. The van der Waals surface area contributed by atoms with Crippen molar-refractivity contribution in [2.45, 2.75) is 12.8 Å². The Morgan fingerprint density at radius 1 is 0.345 bits per heavy atom. The third kappa shape index (κ3) is 6.04. The van der Waals surface area contributed by atoms with Crippen molar-refractivity contribution in [1.82, 2.24) is 19.5 Å². The second-order valence-corrected chi connectivity index (χ2v) is 13.9. The summed E-state index contributed by atoms with van der Waals surface area (Å²) in [6.45, 7) is 0. The largest absolute Gasteiger partial charge is 0.309 e. The molecular formula is C51H36N4. The lowest BCUT2D eigenvalue weighted by Crippen LogP contribution is -2.06. The number of hydrogen-bond donors (Lipinski definition) is 0. The van der Waals surface area contributed by atoms with E-state index in [0.717, 1.165) is 51.9 Å². The van der Waals surface area contributed by atoms with Gasteiger partial charge in [0.2, 0.25) is 0 Å². The first-order valence-corrected chi connectivity index (χ1v) is 18.9. The predicted molar refractivity (Wildman–Crippen MR) is 228 cm³/mol. The standard InChI is InChI=1S/C51H36N4/c1-5-17-35(18-6-1)41-31-29-38(39-30-32-48-46(34-39)43-26-15-16-28-47(43)55(48)40-23-11-4-12-24-40)33-45(41)42-25-13-14-27-44(42)51-53-49(36-19-7-2-8-20-36)52-50(54-51)37-21-9-3-10-22-37/h1-12,15-34H,13-14H2. The monoisotopic (exact) mass is 704 g/mol. The van der Waals surface area contributed by atoms with E-state index in [4.69, 9.17) is 15.0 Å². The molecule has 7 aromatic carbocycles. The second-order valence-electron chi connectivity index (χ2n) is 13.9. The number of para-hydroxylation sites is 2. The van der Waals surface area contributed by atoms with Crippen LogP contribution in [0, 0.1) is 0 Å². The molecule has 4 heteroatoms. The lowest BCUT2D eigenvalue weighted by Gasteiger charge is -2.21. The first-order chi connectivity index (χ1) is 27.3. The van der Waals surface area contributed by atoms with Gasteiger partial charge in [0.05, 0.1) is 11.0 Å². The zero-order valence-electron chi connectivity index (χ0n) is 30.2. The first-order valence-electron chi connectivity index (χ1n) is 18.9. The molecule has 0 atom stereocenters. The van der Waals surface area contributed by atoms with Crippen molar-refractivity contribution < 1.29 is 0 Å². The van der Waals surface area contributed by atoms with Crippen molar-refractivity contribution >= 4 is 33.0 Å². The van der Waals surface area contributed by atoms with Crippen molar-refractivity contribution in [2.24, 2.45) is 0 Å². The Balaban J connectivity index is 1.14. The fourth-order valence-corrected chi connectivity index (χ4v) is 7.89. The van der Waals surface area contributed by atoms with Gasteiger partial charge in [0, 0.05) is 33.2 Å². The van der Waals surface area contributed by atoms with E-state index >= 15 is 0 Å². The maximum absolute atomic E-state index is 5.17. The van der Waals surface area contributed by atoms with Crippen LogP contribution in [-0.4, -0.2) is 19.5 Å². The average molecular weight is 705 g/mol. The molecule has 4 nitrogen and oxygen atoms in total. The molecule has 2 heterocycles. The molecule has 2 aromatic heterocycles. The van der Waals surface area contributed by atoms with Gasteiger partial charge in [0.1, 0.15) is 0 Å². The van der Waals surface area contributed by atoms with Crippen molar-refractivity contribution in [1.29, 1.82) is 0 Å². The maximum Gasteiger partial charge on any atom is 0.164 e. The Bertz CT molecular complexity index is 2830. The molecule has 9 aromatic rings. The molecule has 0 bridgehead atoms. The Morgan fingerprint density at radius 3 is 1.53 bits per heavy atom. The van der Waals surface area contributed by atoms with Crippen LogP contribution < -0.4 is 0 Å². The quantitative estimate of drug-likeness (QED) is 0.166. The third-order valence-electron chi connectivity index (χ3n) is 10.5. The van der Waals surface area contributed by atoms with E-state index in [2.05, 4.69) is 162 Å². The van der Waals surface area contributed by atoms with Gasteiger partial charge in [0.15, 0.2) is 17.5 Å². The normalized spacial score (nSPS) is 12.8. The summed E-state index contributed by atoms with van der Waals surface area (Å²) in [5, 5.41) is 2.47. The van der Waals surface area contributed by atoms with E-state index in [-0.39, 0.29) is 0 Å². The second kappa shape index (κ2) is 14.0. The van der Waals surface area contributed by atoms with Crippen molar-refractivity contribution in [3.63, 3.8) is 0 Å². The first kappa shape index (κ1) is 32.5. The summed E-state index contributed by atoms with van der Waals surface area (Å²) in [4.78, 5) is 15.3. The summed E-state index contributed by atoms with van der Waals surface area (Å²) in [7, 11) is 0. The van der Waals surface area contributed by atoms with Crippen LogP contribution in [0.5, 0.6) is 0 Å². The van der Waals surface area contributed by atoms with Crippen LogP contribution in [-0.2, 0) is 0 Å². The number of hydrogen-bond acceptors (Lipinski definition) is 3. The third-order valence-corrected chi connectivity index (χ3v) is 10.5. The van der Waals surface area contributed by atoms with Crippen LogP contribution in [0.1, 0.15) is 24.2 Å². The van der Waals surface area contributed by atoms with Crippen LogP contribution in [0.25, 0.3) is 83.7 Å². The zero-order valence-corrected chi connectivity index (χ0v) is 30.2. The highest BCUT2D eigenvalue weighted by Crippen LogP contribution is 2.42. The van der Waals surface area contributed by atoms with Crippen LogP contribution >= 0.6 is 0 Å². The van der Waals surface area contributed by atoms with E-state index in [0.29, 0.717) is 17.5 Å². The van der Waals surface area contributed by atoms with Gasteiger partial charge in [-0.2, -0.15) is 0 Å². The SMILES string of the molecule is C1=C(c2nc(-c3ccccc3)nc(-c3ccccc3)n2)C(c2cc(-c3ccc4c(c3)c3ccccc3n4-c3ccccc3)ccc2-c2ccccc2)=CCC1. The van der Waals surface area contributed by atoms with Gasteiger partial charge in [-0.3, -0.25) is 0 Å². The summed E-state index contributed by atoms with van der Waals surface area (Å²) >= 11 is 0. The van der Waals surface area contributed by atoms with Crippen LogP contribution in [0.15, 0.2) is 194 Å². The molecule has 0 unspecified atom stereocenters. The Morgan fingerprint density at radius 2 is 0.855 bits per heavy atom. The average Bonchev–Trinajstić information content (AvgIpc) is 3.61. The lowest BCUT2D eigenvalue weighted by atomic mass is 9.85. The minimum Gasteiger partial charge on any atom is -0.309 e.